The van der Waals surface area contributed by atoms with E-state index in [2.05, 4.69) is 15.3 Å². The van der Waals surface area contributed by atoms with E-state index < -0.39 is 77.2 Å². The number of sulfonamides is 1. The van der Waals surface area contributed by atoms with Crippen molar-refractivity contribution in [2.24, 2.45) is 5.41 Å². The molecule has 31 heavy (non-hydrogen) atoms. The Balaban J connectivity index is 1.73. The van der Waals surface area contributed by atoms with Crippen LogP contribution < -0.4 is 10.1 Å². The van der Waals surface area contributed by atoms with Crippen LogP contribution in [-0.2, 0) is 16.2 Å². The van der Waals surface area contributed by atoms with Crippen molar-refractivity contribution in [3.05, 3.63) is 11.8 Å². The highest BCUT2D eigenvalue weighted by Crippen LogP contribution is 2.52. The van der Waals surface area contributed by atoms with Crippen molar-refractivity contribution in [2.45, 2.75) is 50.5 Å². The number of hydrogen-bond donors (Lipinski definition) is 1. The van der Waals surface area contributed by atoms with Gasteiger partial charge in [0.25, 0.3) is 0 Å². The summed E-state index contributed by atoms with van der Waals surface area (Å²) in [6, 6.07) is -0.926. The van der Waals surface area contributed by atoms with Gasteiger partial charge < -0.3 is 10.1 Å². The molecule has 176 valence electrons. The maximum atomic E-state index is 14.4. The SMILES string of the molecule is CC1(COc2nc(N[C@H]3CCN(S(C)(=O)=O)C[C@@H]3F)ncc2C(F)(F)F)CC(F)(F)C1. The summed E-state index contributed by atoms with van der Waals surface area (Å²) in [4.78, 5) is 7.25. The predicted octanol–water partition coefficient (Wildman–Crippen LogP) is 3.09. The number of ether oxygens (including phenoxy) is 1. The molecule has 14 heteroatoms. The Morgan fingerprint density at radius 3 is 2.48 bits per heavy atom. The summed E-state index contributed by atoms with van der Waals surface area (Å²) in [7, 11) is -3.57. The molecule has 1 aromatic rings. The van der Waals surface area contributed by atoms with E-state index in [0.29, 0.717) is 6.20 Å². The van der Waals surface area contributed by atoms with Crippen LogP contribution in [0.1, 0.15) is 31.7 Å². The Labute approximate surface area is 175 Å². The predicted molar refractivity (Wildman–Crippen MR) is 98.2 cm³/mol. The van der Waals surface area contributed by atoms with Crippen molar-refractivity contribution in [3.8, 4) is 5.88 Å². The summed E-state index contributed by atoms with van der Waals surface area (Å²) in [5.41, 5.74) is -2.27. The van der Waals surface area contributed by atoms with Gasteiger partial charge in [-0.05, 0) is 6.42 Å². The molecular weight excluding hydrogens is 454 g/mol. The number of alkyl halides is 6. The van der Waals surface area contributed by atoms with Crippen LogP contribution in [0.5, 0.6) is 5.88 Å². The molecule has 0 aromatic carbocycles. The summed E-state index contributed by atoms with van der Waals surface area (Å²) in [6.45, 7) is 0.683. The fourth-order valence-electron chi connectivity index (χ4n) is 3.79. The number of nitrogens with zero attached hydrogens (tertiary/aromatic N) is 3. The molecule has 0 radical (unpaired) electrons. The van der Waals surface area contributed by atoms with E-state index in [1.54, 1.807) is 0 Å². The third-order valence-corrected chi connectivity index (χ3v) is 6.54. The average Bonchev–Trinajstić information content (AvgIpc) is 2.58. The first kappa shape index (κ1) is 23.8. The molecule has 0 spiro atoms. The van der Waals surface area contributed by atoms with Gasteiger partial charge in [0.1, 0.15) is 11.7 Å². The highest BCUT2D eigenvalue weighted by molar-refractivity contribution is 7.88. The molecule has 1 saturated carbocycles. The summed E-state index contributed by atoms with van der Waals surface area (Å²) < 4.78 is 110. The zero-order valence-electron chi connectivity index (χ0n) is 16.7. The Hall–Kier alpha value is -1.83. The van der Waals surface area contributed by atoms with Crippen LogP contribution in [0.4, 0.5) is 32.3 Å². The van der Waals surface area contributed by atoms with Gasteiger partial charge in [0.05, 0.1) is 18.9 Å². The topological polar surface area (TPSA) is 84.4 Å². The molecule has 1 aliphatic heterocycles. The van der Waals surface area contributed by atoms with Crippen molar-refractivity contribution in [3.63, 3.8) is 0 Å². The van der Waals surface area contributed by atoms with Gasteiger partial charge in [0.15, 0.2) is 0 Å². The van der Waals surface area contributed by atoms with Crippen molar-refractivity contribution in [1.82, 2.24) is 14.3 Å². The van der Waals surface area contributed by atoms with Crippen molar-refractivity contribution in [2.75, 3.05) is 31.3 Å². The summed E-state index contributed by atoms with van der Waals surface area (Å²) >= 11 is 0. The minimum atomic E-state index is -4.85. The number of halogens is 6. The van der Waals surface area contributed by atoms with E-state index in [9.17, 15) is 34.8 Å². The third kappa shape index (κ3) is 5.70. The second-order valence-electron chi connectivity index (χ2n) is 8.40. The van der Waals surface area contributed by atoms with Crippen LogP contribution >= 0.6 is 0 Å². The number of nitrogens with one attached hydrogen (secondary N) is 1. The van der Waals surface area contributed by atoms with Gasteiger partial charge in [0, 0.05) is 37.5 Å². The molecule has 2 atom stereocenters. The first-order chi connectivity index (χ1) is 14.1. The Bertz CT molecular complexity index is 919. The minimum absolute atomic E-state index is 0.0213. The zero-order chi connectivity index (χ0) is 23.2. The summed E-state index contributed by atoms with van der Waals surface area (Å²) in [5.74, 6) is -4.06. The van der Waals surface area contributed by atoms with Crippen LogP contribution in [0.2, 0.25) is 0 Å². The molecule has 0 bridgehead atoms. The Morgan fingerprint density at radius 2 is 1.97 bits per heavy atom. The molecule has 3 rings (SSSR count). The lowest BCUT2D eigenvalue weighted by molar-refractivity contribution is -0.167. The molecule has 1 aliphatic carbocycles. The standard InChI is InChI=1S/C17H22F6N4O3S/c1-15(7-16(19,20)8-15)9-30-13-10(17(21,22)23)5-24-14(26-13)25-12-3-4-27(6-11(12)18)31(2,28)29/h5,11-12H,3-4,6-9H2,1-2H3,(H,24,25,26)/t11-,12-/m0/s1. The molecule has 1 aromatic heterocycles. The van der Waals surface area contributed by atoms with Gasteiger partial charge >= 0.3 is 6.18 Å². The second-order valence-corrected chi connectivity index (χ2v) is 10.4. The fourth-order valence-corrected chi connectivity index (χ4v) is 4.64. The van der Waals surface area contributed by atoms with Gasteiger partial charge in [-0.25, -0.2) is 26.6 Å². The number of hydrogen-bond acceptors (Lipinski definition) is 6. The van der Waals surface area contributed by atoms with Crippen LogP contribution in [0.3, 0.4) is 0 Å². The summed E-state index contributed by atoms with van der Waals surface area (Å²) in [6.07, 6.45) is -6.05. The van der Waals surface area contributed by atoms with Crippen molar-refractivity contribution in [1.29, 1.82) is 0 Å². The Morgan fingerprint density at radius 1 is 1.32 bits per heavy atom. The molecule has 2 aliphatic rings. The lowest BCUT2D eigenvalue weighted by Gasteiger charge is -2.44. The molecule has 2 heterocycles. The normalized spacial score (nSPS) is 26.2. The second kappa shape index (κ2) is 7.94. The number of rotatable bonds is 6. The minimum Gasteiger partial charge on any atom is -0.477 e. The van der Waals surface area contributed by atoms with Crippen LogP contribution in [0.25, 0.3) is 0 Å². The molecule has 2 fully saturated rings. The largest absolute Gasteiger partial charge is 0.477 e. The first-order valence-corrected chi connectivity index (χ1v) is 11.2. The summed E-state index contributed by atoms with van der Waals surface area (Å²) in [5, 5.41) is 2.57. The lowest BCUT2D eigenvalue weighted by atomic mass is 9.68. The van der Waals surface area contributed by atoms with E-state index in [4.69, 9.17) is 4.74 Å². The Kier molecular flexibility index (Phi) is 6.10. The van der Waals surface area contributed by atoms with Gasteiger partial charge in [0.2, 0.25) is 27.8 Å². The first-order valence-electron chi connectivity index (χ1n) is 9.39. The van der Waals surface area contributed by atoms with Crippen LogP contribution in [0, 0.1) is 5.41 Å². The van der Waals surface area contributed by atoms with E-state index in [1.165, 1.54) is 6.92 Å². The lowest BCUT2D eigenvalue weighted by Crippen LogP contribution is -2.49. The monoisotopic (exact) mass is 476 g/mol. The fraction of sp³-hybridized carbons (Fsp3) is 0.765. The number of anilines is 1. The number of piperidine rings is 1. The zero-order valence-corrected chi connectivity index (χ0v) is 17.5. The van der Waals surface area contributed by atoms with Crippen molar-refractivity contribution < 1.29 is 39.5 Å². The highest BCUT2D eigenvalue weighted by atomic mass is 32.2. The molecule has 1 N–H and O–H groups in total. The maximum absolute atomic E-state index is 14.4. The van der Waals surface area contributed by atoms with E-state index in [0.717, 1.165) is 10.6 Å². The van der Waals surface area contributed by atoms with E-state index >= 15 is 0 Å². The molecule has 1 saturated heterocycles. The third-order valence-electron chi connectivity index (χ3n) is 5.28. The molecule has 0 amide bonds. The van der Waals surface area contributed by atoms with Crippen LogP contribution in [-0.4, -0.2) is 66.8 Å². The highest BCUT2D eigenvalue weighted by Gasteiger charge is 2.54. The van der Waals surface area contributed by atoms with Crippen LogP contribution in [0.15, 0.2) is 6.20 Å². The van der Waals surface area contributed by atoms with Gasteiger partial charge in [-0.3, -0.25) is 0 Å². The van der Waals surface area contributed by atoms with E-state index in [-0.39, 0.29) is 18.9 Å². The molecule has 7 nitrogen and oxygen atoms in total. The van der Waals surface area contributed by atoms with Gasteiger partial charge in [-0.1, -0.05) is 6.92 Å². The number of aromatic nitrogens is 2. The molecular formula is C17H22F6N4O3S. The molecule has 0 unspecified atom stereocenters. The van der Waals surface area contributed by atoms with E-state index in [1.807, 2.05) is 0 Å². The smallest absolute Gasteiger partial charge is 0.423 e. The van der Waals surface area contributed by atoms with Gasteiger partial charge in [-0.2, -0.15) is 22.5 Å². The van der Waals surface area contributed by atoms with Crippen molar-refractivity contribution >= 4 is 16.0 Å². The average molecular weight is 476 g/mol. The van der Waals surface area contributed by atoms with Gasteiger partial charge in [-0.15, -0.1) is 0 Å². The quantitative estimate of drug-likeness (QED) is 0.636. The maximum Gasteiger partial charge on any atom is 0.423 e.